The standard InChI is InChI=1S/C23H30ClN3O.ClH/c1-5-27(6-2)13-7-8-16(3)25-23-19-14-17(24)9-11-21(19)26-22-12-10-18(28-4)15-20(22)23;/h9-12,14-16H,5-8,13H2,1-4H3,(H,25,26);1H. The third kappa shape index (κ3) is 5.65. The normalized spacial score (nSPS) is 12.2. The minimum absolute atomic E-state index is 0. The molecule has 1 N–H and O–H groups in total. The van der Waals surface area contributed by atoms with Crippen LogP contribution in [0.25, 0.3) is 21.8 Å². The van der Waals surface area contributed by atoms with E-state index in [0.29, 0.717) is 11.1 Å². The third-order valence-corrected chi connectivity index (χ3v) is 5.57. The Morgan fingerprint density at radius 2 is 1.72 bits per heavy atom. The largest absolute Gasteiger partial charge is 0.497 e. The molecule has 3 rings (SSSR count). The van der Waals surface area contributed by atoms with Crippen molar-refractivity contribution in [3.8, 4) is 5.75 Å². The summed E-state index contributed by atoms with van der Waals surface area (Å²) in [7, 11) is 1.69. The van der Waals surface area contributed by atoms with Crippen molar-refractivity contribution in [2.45, 2.75) is 39.7 Å². The van der Waals surface area contributed by atoms with Crippen LogP contribution in [0.3, 0.4) is 0 Å². The van der Waals surface area contributed by atoms with Crippen LogP contribution < -0.4 is 10.1 Å². The lowest BCUT2D eigenvalue weighted by Crippen LogP contribution is -2.25. The van der Waals surface area contributed by atoms with Crippen molar-refractivity contribution in [1.82, 2.24) is 9.88 Å². The summed E-state index contributed by atoms with van der Waals surface area (Å²) in [4.78, 5) is 7.28. The molecular formula is C23H31Cl2N3O. The van der Waals surface area contributed by atoms with E-state index in [1.165, 1.54) is 6.42 Å². The van der Waals surface area contributed by atoms with Gasteiger partial charge in [0, 0.05) is 21.8 Å². The summed E-state index contributed by atoms with van der Waals surface area (Å²) in [5.74, 6) is 0.827. The van der Waals surface area contributed by atoms with Gasteiger partial charge in [-0.3, -0.25) is 0 Å². The Morgan fingerprint density at radius 3 is 2.38 bits per heavy atom. The van der Waals surface area contributed by atoms with E-state index >= 15 is 0 Å². The van der Waals surface area contributed by atoms with E-state index in [9.17, 15) is 0 Å². The summed E-state index contributed by atoms with van der Waals surface area (Å²) in [5, 5.41) is 6.57. The number of hydrogen-bond acceptors (Lipinski definition) is 4. The lowest BCUT2D eigenvalue weighted by Gasteiger charge is -2.22. The van der Waals surface area contributed by atoms with Gasteiger partial charge in [-0.1, -0.05) is 25.4 Å². The minimum Gasteiger partial charge on any atom is -0.497 e. The first-order valence-electron chi connectivity index (χ1n) is 10.1. The van der Waals surface area contributed by atoms with Crippen molar-refractivity contribution in [2.24, 2.45) is 0 Å². The van der Waals surface area contributed by atoms with Gasteiger partial charge in [0.2, 0.25) is 0 Å². The molecule has 1 heterocycles. The van der Waals surface area contributed by atoms with E-state index in [1.807, 2.05) is 36.4 Å². The summed E-state index contributed by atoms with van der Waals surface area (Å²) < 4.78 is 5.45. The molecule has 0 aliphatic carbocycles. The maximum absolute atomic E-state index is 6.30. The smallest absolute Gasteiger partial charge is 0.119 e. The van der Waals surface area contributed by atoms with Gasteiger partial charge in [-0.15, -0.1) is 12.4 Å². The number of fused-ring (bicyclic) bond motifs is 2. The van der Waals surface area contributed by atoms with Crippen molar-refractivity contribution >= 4 is 51.5 Å². The van der Waals surface area contributed by atoms with Crippen LogP contribution in [0, 0.1) is 0 Å². The molecule has 29 heavy (non-hydrogen) atoms. The number of anilines is 1. The lowest BCUT2D eigenvalue weighted by molar-refractivity contribution is 0.295. The zero-order valence-corrected chi connectivity index (χ0v) is 19.2. The van der Waals surface area contributed by atoms with Gasteiger partial charge in [0.05, 0.1) is 23.8 Å². The molecule has 0 radical (unpaired) electrons. The average molecular weight is 436 g/mol. The summed E-state index contributed by atoms with van der Waals surface area (Å²) >= 11 is 6.30. The molecule has 1 atom stereocenters. The molecule has 3 aromatic rings. The van der Waals surface area contributed by atoms with Crippen LogP contribution in [0.4, 0.5) is 5.69 Å². The SMILES string of the molecule is CCN(CC)CCCC(C)Nc1c2cc(Cl)ccc2nc2ccc(OC)cc12.Cl. The maximum Gasteiger partial charge on any atom is 0.119 e. The highest BCUT2D eigenvalue weighted by Crippen LogP contribution is 2.35. The lowest BCUT2D eigenvalue weighted by atomic mass is 10.1. The molecule has 158 valence electrons. The Morgan fingerprint density at radius 1 is 1.07 bits per heavy atom. The van der Waals surface area contributed by atoms with Crippen LogP contribution in [0.2, 0.25) is 5.02 Å². The molecule has 0 aliphatic heterocycles. The van der Waals surface area contributed by atoms with Crippen LogP contribution >= 0.6 is 24.0 Å². The molecule has 0 saturated carbocycles. The highest BCUT2D eigenvalue weighted by atomic mass is 35.5. The summed E-state index contributed by atoms with van der Waals surface area (Å²) in [6.07, 6.45) is 2.27. The van der Waals surface area contributed by atoms with Crippen LogP contribution in [-0.4, -0.2) is 42.7 Å². The van der Waals surface area contributed by atoms with Crippen LogP contribution in [0.5, 0.6) is 5.75 Å². The fourth-order valence-corrected chi connectivity index (χ4v) is 3.83. The van der Waals surface area contributed by atoms with E-state index in [-0.39, 0.29) is 12.4 Å². The Kier molecular flexibility index (Phi) is 8.81. The second kappa shape index (κ2) is 10.9. The average Bonchev–Trinajstić information content (AvgIpc) is 2.71. The number of ether oxygens (including phenoxy) is 1. The molecular weight excluding hydrogens is 405 g/mol. The van der Waals surface area contributed by atoms with E-state index in [2.05, 4.69) is 31.0 Å². The molecule has 0 spiro atoms. The van der Waals surface area contributed by atoms with Crippen molar-refractivity contribution in [3.05, 3.63) is 41.4 Å². The first-order chi connectivity index (χ1) is 13.5. The van der Waals surface area contributed by atoms with E-state index in [4.69, 9.17) is 21.3 Å². The molecule has 0 bridgehead atoms. The number of methoxy groups -OCH3 is 1. The second-order valence-corrected chi connectivity index (χ2v) is 7.68. The van der Waals surface area contributed by atoms with Crippen LogP contribution in [-0.2, 0) is 0 Å². The number of benzene rings is 2. The monoisotopic (exact) mass is 435 g/mol. The van der Waals surface area contributed by atoms with Crippen molar-refractivity contribution < 1.29 is 4.74 Å². The molecule has 2 aromatic carbocycles. The first-order valence-corrected chi connectivity index (χ1v) is 10.5. The topological polar surface area (TPSA) is 37.4 Å². The van der Waals surface area contributed by atoms with E-state index in [1.54, 1.807) is 7.11 Å². The quantitative estimate of drug-likeness (QED) is 0.394. The fraction of sp³-hybridized carbons (Fsp3) is 0.435. The highest BCUT2D eigenvalue weighted by Gasteiger charge is 2.13. The molecule has 0 aliphatic rings. The molecule has 4 nitrogen and oxygen atoms in total. The number of nitrogens with zero attached hydrogens (tertiary/aromatic N) is 2. The van der Waals surface area contributed by atoms with E-state index in [0.717, 1.165) is 59.3 Å². The third-order valence-electron chi connectivity index (χ3n) is 5.34. The predicted molar refractivity (Wildman–Crippen MR) is 128 cm³/mol. The van der Waals surface area contributed by atoms with Gasteiger partial charge in [0.15, 0.2) is 0 Å². The zero-order valence-electron chi connectivity index (χ0n) is 17.7. The van der Waals surface area contributed by atoms with Crippen molar-refractivity contribution in [3.63, 3.8) is 0 Å². The predicted octanol–water partition coefficient (Wildman–Crippen LogP) is 6.39. The maximum atomic E-state index is 6.30. The summed E-state index contributed by atoms with van der Waals surface area (Å²) in [6.45, 7) is 10.0. The minimum atomic E-state index is 0. The van der Waals surface area contributed by atoms with Gasteiger partial charge < -0.3 is 15.0 Å². The van der Waals surface area contributed by atoms with Crippen molar-refractivity contribution in [2.75, 3.05) is 32.1 Å². The van der Waals surface area contributed by atoms with Gasteiger partial charge in [-0.25, -0.2) is 4.98 Å². The number of aromatic nitrogens is 1. The van der Waals surface area contributed by atoms with Crippen LogP contribution in [0.15, 0.2) is 36.4 Å². The number of nitrogens with one attached hydrogen (secondary N) is 1. The number of rotatable bonds is 9. The first kappa shape index (κ1) is 23.5. The van der Waals surface area contributed by atoms with Gasteiger partial charge in [0.1, 0.15) is 5.75 Å². The van der Waals surface area contributed by atoms with Crippen molar-refractivity contribution in [1.29, 1.82) is 0 Å². The molecule has 1 unspecified atom stereocenters. The molecule has 0 fully saturated rings. The second-order valence-electron chi connectivity index (χ2n) is 7.25. The Balaban J connectivity index is 0.00000300. The molecule has 0 amide bonds. The van der Waals surface area contributed by atoms with Gasteiger partial charge in [-0.05, 0) is 75.8 Å². The Labute approximate surface area is 185 Å². The fourth-order valence-electron chi connectivity index (χ4n) is 3.66. The Bertz CT molecular complexity index is 944. The number of pyridine rings is 1. The summed E-state index contributed by atoms with van der Waals surface area (Å²) in [6, 6.07) is 12.2. The zero-order chi connectivity index (χ0) is 20.1. The van der Waals surface area contributed by atoms with Gasteiger partial charge in [0.25, 0.3) is 0 Å². The highest BCUT2D eigenvalue weighted by molar-refractivity contribution is 6.31. The van der Waals surface area contributed by atoms with Gasteiger partial charge >= 0.3 is 0 Å². The number of hydrogen-bond donors (Lipinski definition) is 1. The van der Waals surface area contributed by atoms with Crippen LogP contribution in [0.1, 0.15) is 33.6 Å². The summed E-state index contributed by atoms with van der Waals surface area (Å²) in [5.41, 5.74) is 2.98. The molecule has 6 heteroatoms. The van der Waals surface area contributed by atoms with Gasteiger partial charge in [-0.2, -0.15) is 0 Å². The number of halogens is 2. The molecule has 1 aromatic heterocycles. The molecule has 0 saturated heterocycles. The van der Waals surface area contributed by atoms with E-state index < -0.39 is 0 Å². The Hall–Kier alpha value is -1.75.